The maximum absolute atomic E-state index is 9.04. The summed E-state index contributed by atoms with van der Waals surface area (Å²) in [6, 6.07) is 14.3. The van der Waals surface area contributed by atoms with Crippen LogP contribution in [0, 0.1) is 11.3 Å². The van der Waals surface area contributed by atoms with Crippen molar-refractivity contribution >= 4 is 0 Å². The molecule has 0 spiro atoms. The fraction of sp³-hybridized carbons (Fsp3) is 0.278. The molecule has 0 saturated heterocycles. The van der Waals surface area contributed by atoms with E-state index >= 15 is 0 Å². The molecule has 0 atom stereocenters. The second kappa shape index (κ2) is 6.30. The van der Waals surface area contributed by atoms with E-state index in [1.54, 1.807) is 0 Å². The van der Waals surface area contributed by atoms with Gasteiger partial charge in [-0.05, 0) is 18.1 Å². The molecular formula is C18H18N6. The van der Waals surface area contributed by atoms with Crippen LogP contribution in [0.4, 0.5) is 0 Å². The number of aromatic amines is 1. The summed E-state index contributed by atoms with van der Waals surface area (Å²) in [6.45, 7) is 3.50. The summed E-state index contributed by atoms with van der Waals surface area (Å²) in [7, 11) is 0. The molecule has 2 aromatic heterocycles. The lowest BCUT2D eigenvalue weighted by molar-refractivity contribution is 0.261. The smallest absolute Gasteiger partial charge is 0.162 e. The molecule has 120 valence electrons. The topological polar surface area (TPSA) is 73.5 Å². The number of hydrogen-bond donors (Lipinski definition) is 1. The van der Waals surface area contributed by atoms with Gasteiger partial charge in [-0.1, -0.05) is 30.3 Å². The van der Waals surface area contributed by atoms with Crippen LogP contribution in [-0.2, 0) is 19.6 Å². The molecule has 0 amide bonds. The maximum atomic E-state index is 9.04. The highest BCUT2D eigenvalue weighted by Crippen LogP contribution is 2.23. The van der Waals surface area contributed by atoms with Crippen molar-refractivity contribution in [3.63, 3.8) is 0 Å². The summed E-state index contributed by atoms with van der Waals surface area (Å²) in [5, 5.41) is 20.7. The molecule has 3 aromatic rings. The third-order valence-electron chi connectivity index (χ3n) is 4.38. The van der Waals surface area contributed by atoms with E-state index < -0.39 is 0 Å². The van der Waals surface area contributed by atoms with Gasteiger partial charge in [-0.25, -0.2) is 0 Å². The largest absolute Gasteiger partial charge is 0.293 e. The molecule has 0 radical (unpaired) electrons. The van der Waals surface area contributed by atoms with Crippen LogP contribution < -0.4 is 0 Å². The van der Waals surface area contributed by atoms with E-state index in [1.807, 2.05) is 35.1 Å². The van der Waals surface area contributed by atoms with Gasteiger partial charge in [0.2, 0.25) is 0 Å². The summed E-state index contributed by atoms with van der Waals surface area (Å²) in [4.78, 5) is 2.39. The van der Waals surface area contributed by atoms with Crippen LogP contribution in [0.5, 0.6) is 0 Å². The Morgan fingerprint density at radius 3 is 2.92 bits per heavy atom. The average molecular weight is 318 g/mol. The Balaban J connectivity index is 1.56. The van der Waals surface area contributed by atoms with Crippen LogP contribution in [0.2, 0.25) is 0 Å². The summed E-state index contributed by atoms with van der Waals surface area (Å²) in [6.07, 6.45) is 2.93. The molecule has 0 bridgehead atoms. The summed E-state index contributed by atoms with van der Waals surface area (Å²) in [5.74, 6) is 0. The molecule has 1 aromatic carbocycles. The second-order valence-corrected chi connectivity index (χ2v) is 6.06. The van der Waals surface area contributed by atoms with Gasteiger partial charge in [0.25, 0.3) is 0 Å². The highest BCUT2D eigenvalue weighted by Gasteiger charge is 2.18. The van der Waals surface area contributed by atoms with Crippen molar-refractivity contribution in [2.75, 3.05) is 6.54 Å². The predicted octanol–water partition coefficient (Wildman–Crippen LogP) is 2.55. The first-order valence-electron chi connectivity index (χ1n) is 8.10. The number of nitrogens with zero attached hydrogens (tertiary/aromatic N) is 5. The third kappa shape index (κ3) is 2.82. The highest BCUT2D eigenvalue weighted by molar-refractivity contribution is 5.62. The Bertz CT molecular complexity index is 871. The highest BCUT2D eigenvalue weighted by atomic mass is 15.3. The minimum absolute atomic E-state index is 0.500. The van der Waals surface area contributed by atoms with Crippen molar-refractivity contribution in [1.29, 1.82) is 5.26 Å². The quantitative estimate of drug-likeness (QED) is 0.805. The number of nitrogens with one attached hydrogen (secondary N) is 1. The van der Waals surface area contributed by atoms with Crippen molar-refractivity contribution in [3.05, 3.63) is 59.5 Å². The summed E-state index contributed by atoms with van der Waals surface area (Å²) >= 11 is 0. The Morgan fingerprint density at radius 2 is 2.08 bits per heavy atom. The van der Waals surface area contributed by atoms with Crippen LogP contribution in [-0.4, -0.2) is 31.4 Å². The van der Waals surface area contributed by atoms with E-state index in [0.717, 1.165) is 49.6 Å². The van der Waals surface area contributed by atoms with Crippen LogP contribution in [0.25, 0.3) is 11.3 Å². The summed E-state index contributed by atoms with van der Waals surface area (Å²) < 4.78 is 1.96. The Kier molecular flexibility index (Phi) is 3.85. The van der Waals surface area contributed by atoms with E-state index in [0.29, 0.717) is 5.69 Å². The minimum atomic E-state index is 0.500. The zero-order valence-corrected chi connectivity index (χ0v) is 13.3. The molecule has 1 aliphatic rings. The molecule has 1 aliphatic heterocycles. The molecule has 24 heavy (non-hydrogen) atoms. The number of aryl methyl sites for hydroxylation is 1. The molecule has 6 nitrogen and oxygen atoms in total. The average Bonchev–Trinajstić information content (AvgIpc) is 3.18. The number of hydrogen-bond acceptors (Lipinski definition) is 4. The first kappa shape index (κ1) is 14.7. The molecular weight excluding hydrogens is 300 g/mol. The summed E-state index contributed by atoms with van der Waals surface area (Å²) in [5.41, 5.74) is 5.02. The lowest BCUT2D eigenvalue weighted by Crippen LogP contribution is -2.22. The van der Waals surface area contributed by atoms with Gasteiger partial charge >= 0.3 is 0 Å². The number of benzene rings is 1. The van der Waals surface area contributed by atoms with Gasteiger partial charge in [0.1, 0.15) is 6.07 Å². The van der Waals surface area contributed by atoms with Crippen LogP contribution >= 0.6 is 0 Å². The first-order valence-corrected chi connectivity index (χ1v) is 8.10. The number of nitriles is 1. The number of fused-ring (bicyclic) bond motifs is 1. The normalized spacial score (nSPS) is 14.8. The van der Waals surface area contributed by atoms with Crippen molar-refractivity contribution in [3.8, 4) is 17.3 Å². The van der Waals surface area contributed by atoms with Crippen molar-refractivity contribution < 1.29 is 0 Å². The third-order valence-corrected chi connectivity index (χ3v) is 4.38. The van der Waals surface area contributed by atoms with E-state index in [-0.39, 0.29) is 0 Å². The fourth-order valence-corrected chi connectivity index (χ4v) is 3.24. The zero-order valence-electron chi connectivity index (χ0n) is 13.3. The fourth-order valence-electron chi connectivity index (χ4n) is 3.24. The predicted molar refractivity (Wildman–Crippen MR) is 89.7 cm³/mol. The molecule has 4 rings (SSSR count). The lowest BCUT2D eigenvalue weighted by Gasteiger charge is -2.19. The molecule has 0 saturated carbocycles. The molecule has 0 fully saturated rings. The van der Waals surface area contributed by atoms with Crippen molar-refractivity contribution in [1.82, 2.24) is 24.9 Å². The van der Waals surface area contributed by atoms with Gasteiger partial charge in [0.05, 0.1) is 17.6 Å². The SMILES string of the molecule is N#Cc1cc2n(n1)CCCN(Cc1cn[nH]c1-c1ccccc1)C2. The molecule has 0 unspecified atom stereocenters. The van der Waals surface area contributed by atoms with E-state index in [2.05, 4.69) is 38.4 Å². The number of H-pyrrole nitrogens is 1. The molecule has 0 aliphatic carbocycles. The van der Waals surface area contributed by atoms with E-state index in [4.69, 9.17) is 5.26 Å². The van der Waals surface area contributed by atoms with Gasteiger partial charge < -0.3 is 0 Å². The van der Waals surface area contributed by atoms with E-state index in [9.17, 15) is 0 Å². The van der Waals surface area contributed by atoms with Crippen LogP contribution in [0.15, 0.2) is 42.6 Å². The van der Waals surface area contributed by atoms with Gasteiger partial charge in [-0.3, -0.25) is 14.7 Å². The number of rotatable bonds is 3. The van der Waals surface area contributed by atoms with Gasteiger partial charge in [0, 0.05) is 31.7 Å². The monoisotopic (exact) mass is 318 g/mol. The second-order valence-electron chi connectivity index (χ2n) is 6.06. The first-order chi connectivity index (χ1) is 11.8. The van der Waals surface area contributed by atoms with Crippen molar-refractivity contribution in [2.24, 2.45) is 0 Å². The van der Waals surface area contributed by atoms with E-state index in [1.165, 1.54) is 5.56 Å². The Morgan fingerprint density at radius 1 is 1.21 bits per heavy atom. The standard InChI is InChI=1S/C18H18N6/c19-10-16-9-17-13-23(7-4-8-24(17)22-16)12-15-11-20-21-18(15)14-5-2-1-3-6-14/h1-3,5-6,9,11H,4,7-8,12-13H2,(H,20,21). The Labute approximate surface area is 140 Å². The zero-order chi connectivity index (χ0) is 16.4. The maximum Gasteiger partial charge on any atom is 0.162 e. The van der Waals surface area contributed by atoms with Crippen LogP contribution in [0.1, 0.15) is 23.4 Å². The Hall–Kier alpha value is -2.91. The number of aromatic nitrogens is 4. The van der Waals surface area contributed by atoms with Gasteiger partial charge in [0.15, 0.2) is 5.69 Å². The van der Waals surface area contributed by atoms with Crippen LogP contribution in [0.3, 0.4) is 0 Å². The molecule has 6 heteroatoms. The van der Waals surface area contributed by atoms with Crippen molar-refractivity contribution in [2.45, 2.75) is 26.1 Å². The minimum Gasteiger partial charge on any atom is -0.293 e. The van der Waals surface area contributed by atoms with Gasteiger partial charge in [-0.15, -0.1) is 0 Å². The molecule has 3 heterocycles. The molecule has 1 N–H and O–H groups in total. The van der Waals surface area contributed by atoms with Gasteiger partial charge in [-0.2, -0.15) is 15.5 Å². The lowest BCUT2D eigenvalue weighted by atomic mass is 10.1.